The van der Waals surface area contributed by atoms with Crippen LogP contribution in [0.5, 0.6) is 0 Å². The van der Waals surface area contributed by atoms with E-state index in [0.29, 0.717) is 25.0 Å². The summed E-state index contributed by atoms with van der Waals surface area (Å²) < 4.78 is 40.3. The summed E-state index contributed by atoms with van der Waals surface area (Å²) in [6.07, 6.45) is 0.309. The highest BCUT2D eigenvalue weighted by molar-refractivity contribution is 6.07. The predicted molar refractivity (Wildman–Crippen MR) is 112 cm³/mol. The van der Waals surface area contributed by atoms with Crippen molar-refractivity contribution in [1.82, 2.24) is 25.3 Å². The van der Waals surface area contributed by atoms with E-state index in [0.717, 1.165) is 25.0 Å². The topological polar surface area (TPSA) is 96.3 Å². The first-order valence-corrected chi connectivity index (χ1v) is 10.8. The Morgan fingerprint density at radius 1 is 1.24 bits per heavy atom. The molecular formula is C22H24F3N5O3. The Kier molecular flexibility index (Phi) is 5.89. The smallest absolute Gasteiger partial charge is 0.352 e. The van der Waals surface area contributed by atoms with Crippen LogP contribution in [0.4, 0.5) is 18.0 Å². The van der Waals surface area contributed by atoms with E-state index in [4.69, 9.17) is 0 Å². The van der Waals surface area contributed by atoms with Gasteiger partial charge in [-0.15, -0.1) is 0 Å². The molecule has 0 bridgehead atoms. The van der Waals surface area contributed by atoms with Gasteiger partial charge in [-0.05, 0) is 44.4 Å². The summed E-state index contributed by atoms with van der Waals surface area (Å²) in [5.74, 6) is -0.635. The van der Waals surface area contributed by atoms with Crippen LogP contribution in [-0.2, 0) is 11.0 Å². The number of benzene rings is 1. The standard InChI is InChI=1S/C22H24F3N5O3/c1-14-17(13-27-30(14)16-7-4-6-15(12-16)22(23,24)25)18(31)26-10-5-11-29-19(32)21(28-20(29)33)8-2-3-9-21/h4,6-7,12-13H,2-3,5,8-11H2,1H3,(H,26,31)(H,28,33). The number of urea groups is 1. The molecule has 1 aromatic heterocycles. The number of imide groups is 1. The van der Waals surface area contributed by atoms with Gasteiger partial charge in [-0.3, -0.25) is 14.5 Å². The van der Waals surface area contributed by atoms with Crippen molar-refractivity contribution in [1.29, 1.82) is 0 Å². The van der Waals surface area contributed by atoms with Gasteiger partial charge in [-0.1, -0.05) is 18.9 Å². The Hall–Kier alpha value is -3.37. The molecule has 2 N–H and O–H groups in total. The molecule has 8 nitrogen and oxygen atoms in total. The van der Waals surface area contributed by atoms with Crippen LogP contribution in [-0.4, -0.2) is 51.2 Å². The number of nitrogens with one attached hydrogen (secondary N) is 2. The molecule has 1 spiro atoms. The minimum absolute atomic E-state index is 0.190. The first-order valence-electron chi connectivity index (χ1n) is 10.8. The summed E-state index contributed by atoms with van der Waals surface area (Å²) in [7, 11) is 0. The zero-order chi connectivity index (χ0) is 23.8. The first kappa shape index (κ1) is 22.8. The highest BCUT2D eigenvalue weighted by atomic mass is 19.4. The van der Waals surface area contributed by atoms with Crippen molar-refractivity contribution >= 4 is 17.8 Å². The van der Waals surface area contributed by atoms with E-state index < -0.39 is 29.2 Å². The second kappa shape index (κ2) is 8.53. The molecule has 2 aliphatic rings. The average Bonchev–Trinajstić information content (AvgIpc) is 3.45. The molecule has 2 heterocycles. The van der Waals surface area contributed by atoms with Gasteiger partial charge in [0.25, 0.3) is 11.8 Å². The van der Waals surface area contributed by atoms with Gasteiger partial charge in [0.1, 0.15) is 5.54 Å². The molecule has 2 fully saturated rings. The fraction of sp³-hybridized carbons (Fsp3) is 0.455. The zero-order valence-electron chi connectivity index (χ0n) is 18.0. The Morgan fingerprint density at radius 3 is 2.67 bits per heavy atom. The maximum atomic E-state index is 13.0. The third-order valence-electron chi connectivity index (χ3n) is 6.22. The summed E-state index contributed by atoms with van der Waals surface area (Å²) in [4.78, 5) is 38.6. The molecule has 4 amide bonds. The Bertz CT molecular complexity index is 1090. The normalized spacial score (nSPS) is 17.6. The molecule has 176 valence electrons. The van der Waals surface area contributed by atoms with Gasteiger partial charge in [0.2, 0.25) is 0 Å². The van der Waals surface area contributed by atoms with Gasteiger partial charge < -0.3 is 10.6 Å². The molecule has 0 unspecified atom stereocenters. The van der Waals surface area contributed by atoms with Gasteiger partial charge in [-0.2, -0.15) is 18.3 Å². The molecule has 1 saturated heterocycles. The third kappa shape index (κ3) is 4.31. The van der Waals surface area contributed by atoms with E-state index in [1.165, 1.54) is 27.9 Å². The van der Waals surface area contributed by atoms with Gasteiger partial charge in [0.05, 0.1) is 28.7 Å². The average molecular weight is 463 g/mol. The summed E-state index contributed by atoms with van der Waals surface area (Å²) in [5, 5.41) is 9.59. The molecule has 1 aliphatic carbocycles. The molecule has 0 atom stereocenters. The van der Waals surface area contributed by atoms with E-state index in [1.807, 2.05) is 0 Å². The largest absolute Gasteiger partial charge is 0.416 e. The van der Waals surface area contributed by atoms with Crippen molar-refractivity contribution in [2.75, 3.05) is 13.1 Å². The maximum absolute atomic E-state index is 13.0. The molecule has 1 saturated carbocycles. The summed E-state index contributed by atoms with van der Waals surface area (Å²) in [6.45, 7) is 2.00. The summed E-state index contributed by atoms with van der Waals surface area (Å²) in [5.41, 5.74) is -0.743. The SMILES string of the molecule is Cc1c(C(=O)NCCCN2C(=O)NC3(CCCC3)C2=O)cnn1-c1cccc(C(F)(F)F)c1. The summed E-state index contributed by atoms with van der Waals surface area (Å²) >= 11 is 0. The van der Waals surface area contributed by atoms with Crippen molar-refractivity contribution < 1.29 is 27.6 Å². The van der Waals surface area contributed by atoms with Crippen LogP contribution in [0.2, 0.25) is 0 Å². The van der Waals surface area contributed by atoms with Crippen LogP contribution in [0.3, 0.4) is 0 Å². The highest BCUT2D eigenvalue weighted by Gasteiger charge is 2.52. The van der Waals surface area contributed by atoms with E-state index in [9.17, 15) is 27.6 Å². The van der Waals surface area contributed by atoms with Crippen LogP contribution < -0.4 is 10.6 Å². The monoisotopic (exact) mass is 463 g/mol. The zero-order valence-corrected chi connectivity index (χ0v) is 18.0. The van der Waals surface area contributed by atoms with Gasteiger partial charge in [0, 0.05) is 13.1 Å². The van der Waals surface area contributed by atoms with Crippen molar-refractivity contribution in [2.45, 2.75) is 50.7 Å². The third-order valence-corrected chi connectivity index (χ3v) is 6.22. The van der Waals surface area contributed by atoms with E-state index >= 15 is 0 Å². The minimum atomic E-state index is -4.48. The number of aromatic nitrogens is 2. The quantitative estimate of drug-likeness (QED) is 0.508. The molecule has 4 rings (SSSR count). The van der Waals surface area contributed by atoms with Crippen molar-refractivity contribution in [2.24, 2.45) is 0 Å². The highest BCUT2D eigenvalue weighted by Crippen LogP contribution is 2.35. The lowest BCUT2D eigenvalue weighted by Crippen LogP contribution is -2.44. The van der Waals surface area contributed by atoms with Crippen molar-refractivity contribution in [3.63, 3.8) is 0 Å². The molecule has 0 radical (unpaired) electrons. The number of hydrogen-bond acceptors (Lipinski definition) is 4. The van der Waals surface area contributed by atoms with Crippen LogP contribution in [0.1, 0.15) is 53.7 Å². The van der Waals surface area contributed by atoms with Crippen molar-refractivity contribution in [3.8, 4) is 5.69 Å². The second-order valence-corrected chi connectivity index (χ2v) is 8.39. The second-order valence-electron chi connectivity index (χ2n) is 8.39. The summed E-state index contributed by atoms with van der Waals surface area (Å²) in [6, 6.07) is 4.30. The minimum Gasteiger partial charge on any atom is -0.352 e. The van der Waals surface area contributed by atoms with Gasteiger partial charge in [-0.25, -0.2) is 9.48 Å². The fourth-order valence-electron chi connectivity index (χ4n) is 4.44. The number of hydrogen-bond donors (Lipinski definition) is 2. The van der Waals surface area contributed by atoms with Crippen LogP contribution >= 0.6 is 0 Å². The number of amides is 4. The van der Waals surface area contributed by atoms with Gasteiger partial charge >= 0.3 is 12.2 Å². The van der Waals surface area contributed by atoms with Crippen LogP contribution in [0.15, 0.2) is 30.5 Å². The number of halogens is 3. The molecular weight excluding hydrogens is 439 g/mol. The van der Waals surface area contributed by atoms with Crippen molar-refractivity contribution in [3.05, 3.63) is 47.3 Å². The Morgan fingerprint density at radius 2 is 1.97 bits per heavy atom. The lowest BCUT2D eigenvalue weighted by Gasteiger charge is -2.20. The number of nitrogens with zero attached hydrogens (tertiary/aromatic N) is 3. The molecule has 1 aromatic carbocycles. The van der Waals surface area contributed by atoms with E-state index in [1.54, 1.807) is 6.92 Å². The molecule has 33 heavy (non-hydrogen) atoms. The van der Waals surface area contributed by atoms with E-state index in [2.05, 4.69) is 15.7 Å². The van der Waals surface area contributed by atoms with Gasteiger partial charge in [0.15, 0.2) is 0 Å². The lowest BCUT2D eigenvalue weighted by atomic mass is 9.98. The fourth-order valence-corrected chi connectivity index (χ4v) is 4.44. The Balaban J connectivity index is 1.34. The number of carbonyl (C=O) groups excluding carboxylic acids is 3. The van der Waals surface area contributed by atoms with Crippen LogP contribution in [0.25, 0.3) is 5.69 Å². The predicted octanol–water partition coefficient (Wildman–Crippen LogP) is 3.18. The maximum Gasteiger partial charge on any atom is 0.416 e. The molecule has 1 aliphatic heterocycles. The lowest BCUT2D eigenvalue weighted by molar-refractivity contribution is -0.137. The number of carbonyl (C=O) groups is 3. The van der Waals surface area contributed by atoms with E-state index in [-0.39, 0.29) is 30.2 Å². The Labute approximate surface area is 188 Å². The van der Waals surface area contributed by atoms with Crippen LogP contribution in [0, 0.1) is 6.92 Å². The number of rotatable bonds is 6. The molecule has 2 aromatic rings. The first-order chi connectivity index (χ1) is 15.6. The number of alkyl halides is 3. The molecule has 11 heteroatoms.